The van der Waals surface area contributed by atoms with Gasteiger partial charge in [-0.25, -0.2) is 17.9 Å². The van der Waals surface area contributed by atoms with Gasteiger partial charge in [0.1, 0.15) is 5.82 Å². The molecule has 1 aromatic rings. The van der Waals surface area contributed by atoms with Crippen LogP contribution in [0.15, 0.2) is 21.5 Å². The van der Waals surface area contributed by atoms with Gasteiger partial charge in [-0.2, -0.15) is 0 Å². The van der Waals surface area contributed by atoms with E-state index in [2.05, 4.69) is 15.9 Å². The van der Waals surface area contributed by atoms with Crippen molar-refractivity contribution in [2.75, 3.05) is 0 Å². The van der Waals surface area contributed by atoms with E-state index < -0.39 is 15.8 Å². The highest BCUT2D eigenvalue weighted by molar-refractivity contribution is 14.1. The Morgan fingerprint density at radius 1 is 1.46 bits per heavy atom. The molecule has 0 radical (unpaired) electrons. The first-order chi connectivity index (χ1) is 5.82. The number of hydrogen-bond acceptors (Lipinski definition) is 2. The topological polar surface area (TPSA) is 60.2 Å². The Balaban J connectivity index is 3.56. The molecule has 0 aromatic heterocycles. The standard InChI is InChI=1S/C6H4BrFINO2S/c7-6-4(9)1-3(8)2-5(6)13(10,11)12/h1-2H,(H2,10,11,12). The van der Waals surface area contributed by atoms with Crippen molar-refractivity contribution < 1.29 is 12.8 Å². The Morgan fingerprint density at radius 3 is 2.46 bits per heavy atom. The van der Waals surface area contributed by atoms with Crippen molar-refractivity contribution in [2.45, 2.75) is 4.90 Å². The van der Waals surface area contributed by atoms with Crippen molar-refractivity contribution in [3.63, 3.8) is 0 Å². The molecule has 0 fully saturated rings. The smallest absolute Gasteiger partial charge is 0.225 e. The third-order valence-electron chi connectivity index (χ3n) is 1.27. The fraction of sp³-hybridized carbons (Fsp3) is 0. The summed E-state index contributed by atoms with van der Waals surface area (Å²) in [4.78, 5) is -0.239. The van der Waals surface area contributed by atoms with Crippen LogP contribution in [0.2, 0.25) is 0 Å². The molecule has 0 aliphatic carbocycles. The monoisotopic (exact) mass is 379 g/mol. The predicted molar refractivity (Wildman–Crippen MR) is 58.2 cm³/mol. The molecule has 0 aliphatic heterocycles. The molecule has 0 amide bonds. The van der Waals surface area contributed by atoms with Crippen LogP contribution in [0.4, 0.5) is 4.39 Å². The maximum atomic E-state index is 12.8. The Bertz CT molecular complexity index is 448. The van der Waals surface area contributed by atoms with Crippen LogP contribution in [0.1, 0.15) is 0 Å². The van der Waals surface area contributed by atoms with Crippen molar-refractivity contribution in [3.05, 3.63) is 26.0 Å². The summed E-state index contributed by atoms with van der Waals surface area (Å²) in [5.74, 6) is -0.628. The highest BCUT2D eigenvalue weighted by Gasteiger charge is 2.16. The number of benzene rings is 1. The van der Waals surface area contributed by atoms with Gasteiger partial charge in [0, 0.05) is 3.57 Å². The van der Waals surface area contributed by atoms with E-state index >= 15 is 0 Å². The maximum Gasteiger partial charge on any atom is 0.239 e. The Hall–Kier alpha value is 0.270. The third-order valence-corrected chi connectivity index (χ3v) is 4.91. The fourth-order valence-electron chi connectivity index (χ4n) is 0.739. The van der Waals surface area contributed by atoms with Crippen LogP contribution >= 0.6 is 38.5 Å². The Morgan fingerprint density at radius 2 is 2.00 bits per heavy atom. The molecule has 1 aromatic carbocycles. The van der Waals surface area contributed by atoms with Crippen LogP contribution in [-0.2, 0) is 10.0 Å². The van der Waals surface area contributed by atoms with Gasteiger partial charge in [0.2, 0.25) is 10.0 Å². The molecule has 0 atom stereocenters. The highest BCUT2D eigenvalue weighted by atomic mass is 127. The zero-order chi connectivity index (χ0) is 10.2. The number of hydrogen-bond donors (Lipinski definition) is 1. The van der Waals surface area contributed by atoms with E-state index in [1.54, 1.807) is 0 Å². The lowest BCUT2D eigenvalue weighted by molar-refractivity contribution is 0.591. The number of halogens is 3. The van der Waals surface area contributed by atoms with E-state index in [1.807, 2.05) is 22.6 Å². The van der Waals surface area contributed by atoms with E-state index in [0.717, 1.165) is 6.07 Å². The molecule has 0 heterocycles. The van der Waals surface area contributed by atoms with Crippen molar-refractivity contribution in [2.24, 2.45) is 5.14 Å². The number of rotatable bonds is 1. The molecular formula is C6H4BrFINO2S. The summed E-state index contributed by atoms with van der Waals surface area (Å²) in [7, 11) is -3.87. The van der Waals surface area contributed by atoms with Gasteiger partial charge in [0.05, 0.1) is 9.37 Å². The van der Waals surface area contributed by atoms with Gasteiger partial charge >= 0.3 is 0 Å². The zero-order valence-electron chi connectivity index (χ0n) is 6.09. The predicted octanol–water partition coefficient (Wildman–Crippen LogP) is 1.84. The molecule has 0 spiro atoms. The van der Waals surface area contributed by atoms with Crippen molar-refractivity contribution in [1.82, 2.24) is 0 Å². The highest BCUT2D eigenvalue weighted by Crippen LogP contribution is 2.27. The minimum atomic E-state index is -3.87. The first kappa shape index (κ1) is 11.3. The van der Waals surface area contributed by atoms with Gasteiger partial charge in [-0.05, 0) is 50.7 Å². The van der Waals surface area contributed by atoms with Crippen LogP contribution in [0.25, 0.3) is 0 Å². The van der Waals surface area contributed by atoms with E-state index in [9.17, 15) is 12.8 Å². The Labute approximate surface area is 96.8 Å². The summed E-state index contributed by atoms with van der Waals surface area (Å²) in [6.45, 7) is 0. The van der Waals surface area contributed by atoms with Crippen LogP contribution in [-0.4, -0.2) is 8.42 Å². The molecule has 72 valence electrons. The molecule has 2 N–H and O–H groups in total. The van der Waals surface area contributed by atoms with Crippen LogP contribution < -0.4 is 5.14 Å². The summed E-state index contributed by atoms with van der Waals surface area (Å²) in [6.07, 6.45) is 0. The van der Waals surface area contributed by atoms with E-state index in [0.29, 0.717) is 3.57 Å². The molecule has 0 bridgehead atoms. The number of sulfonamides is 1. The molecule has 1 rings (SSSR count). The van der Waals surface area contributed by atoms with E-state index in [4.69, 9.17) is 5.14 Å². The summed E-state index contributed by atoms with van der Waals surface area (Å²) in [5.41, 5.74) is 0. The van der Waals surface area contributed by atoms with Crippen molar-refractivity contribution in [3.8, 4) is 0 Å². The molecule has 3 nitrogen and oxygen atoms in total. The first-order valence-corrected chi connectivity index (χ1v) is 6.41. The minimum Gasteiger partial charge on any atom is -0.225 e. The van der Waals surface area contributed by atoms with Gasteiger partial charge in [-0.3, -0.25) is 0 Å². The molecule has 0 saturated carbocycles. The summed E-state index contributed by atoms with van der Waals surface area (Å²) in [5, 5.41) is 4.87. The average molecular weight is 380 g/mol. The van der Waals surface area contributed by atoms with Crippen molar-refractivity contribution in [1.29, 1.82) is 0 Å². The maximum absolute atomic E-state index is 12.8. The SMILES string of the molecule is NS(=O)(=O)c1cc(F)cc(I)c1Br. The lowest BCUT2D eigenvalue weighted by Gasteiger charge is -2.03. The van der Waals surface area contributed by atoms with Gasteiger partial charge in [-0.15, -0.1) is 0 Å². The fourth-order valence-corrected chi connectivity index (χ4v) is 3.05. The van der Waals surface area contributed by atoms with Gasteiger partial charge < -0.3 is 0 Å². The zero-order valence-corrected chi connectivity index (χ0v) is 10.7. The molecule has 7 heteroatoms. The van der Waals surface area contributed by atoms with Gasteiger partial charge in [0.15, 0.2) is 0 Å². The largest absolute Gasteiger partial charge is 0.239 e. The Kier molecular flexibility index (Phi) is 3.31. The summed E-state index contributed by atoms with van der Waals surface area (Å²) < 4.78 is 35.4. The number of nitrogens with two attached hydrogens (primary N) is 1. The second-order valence-electron chi connectivity index (χ2n) is 2.24. The second-order valence-corrected chi connectivity index (χ2v) is 5.73. The summed E-state index contributed by atoms with van der Waals surface area (Å²) >= 11 is 4.83. The molecule has 13 heavy (non-hydrogen) atoms. The third kappa shape index (κ3) is 2.61. The average Bonchev–Trinajstić information content (AvgIpc) is 1.94. The quantitative estimate of drug-likeness (QED) is 0.597. The number of primary sulfonamides is 1. The molecule has 0 unspecified atom stereocenters. The van der Waals surface area contributed by atoms with Crippen LogP contribution in [0.5, 0.6) is 0 Å². The summed E-state index contributed by atoms with van der Waals surface area (Å²) in [6, 6.07) is 2.08. The lowest BCUT2D eigenvalue weighted by atomic mass is 10.3. The van der Waals surface area contributed by atoms with E-state index in [1.165, 1.54) is 6.07 Å². The van der Waals surface area contributed by atoms with Gasteiger partial charge in [0.25, 0.3) is 0 Å². The normalized spacial score (nSPS) is 11.7. The van der Waals surface area contributed by atoms with Crippen LogP contribution in [0, 0.1) is 9.39 Å². The molecule has 0 saturated heterocycles. The second kappa shape index (κ2) is 3.79. The van der Waals surface area contributed by atoms with E-state index in [-0.39, 0.29) is 9.37 Å². The van der Waals surface area contributed by atoms with Gasteiger partial charge in [-0.1, -0.05) is 0 Å². The minimum absolute atomic E-state index is 0.239. The lowest BCUT2D eigenvalue weighted by Crippen LogP contribution is -2.13. The molecule has 0 aliphatic rings. The van der Waals surface area contributed by atoms with Crippen molar-refractivity contribution >= 4 is 48.5 Å². The van der Waals surface area contributed by atoms with Crippen LogP contribution in [0.3, 0.4) is 0 Å². The molecular weight excluding hydrogens is 376 g/mol. The first-order valence-electron chi connectivity index (χ1n) is 2.99.